The van der Waals surface area contributed by atoms with Crippen molar-refractivity contribution in [2.75, 3.05) is 12.3 Å². The molecule has 0 unspecified atom stereocenters. The Morgan fingerprint density at radius 3 is 3.08 bits per heavy atom. The second kappa shape index (κ2) is 3.56. The molecule has 13 heavy (non-hydrogen) atoms. The lowest BCUT2D eigenvalue weighted by Crippen LogP contribution is -2.12. The van der Waals surface area contributed by atoms with Gasteiger partial charge in [0.25, 0.3) is 0 Å². The van der Waals surface area contributed by atoms with Gasteiger partial charge >= 0.3 is 0 Å². The lowest BCUT2D eigenvalue weighted by Gasteiger charge is -2.09. The van der Waals surface area contributed by atoms with Crippen LogP contribution in [0.1, 0.15) is 17.5 Å². The van der Waals surface area contributed by atoms with Gasteiger partial charge in [0.2, 0.25) is 0 Å². The third-order valence-corrected chi connectivity index (χ3v) is 2.92. The van der Waals surface area contributed by atoms with Gasteiger partial charge in [0.1, 0.15) is 0 Å². The Bertz CT molecular complexity index is 323. The predicted molar refractivity (Wildman–Crippen MR) is 55.9 cm³/mol. The zero-order chi connectivity index (χ0) is 9.26. The number of nitrogens with two attached hydrogens (primary N) is 1. The van der Waals surface area contributed by atoms with Crippen LogP contribution in [-0.4, -0.2) is 6.54 Å². The Morgan fingerprint density at radius 2 is 2.23 bits per heavy atom. The first-order valence-electron chi connectivity index (χ1n) is 4.55. The van der Waals surface area contributed by atoms with E-state index in [1.165, 1.54) is 17.5 Å². The van der Waals surface area contributed by atoms with Gasteiger partial charge in [0, 0.05) is 6.54 Å². The number of nitrogens with one attached hydrogen (secondary N) is 1. The SMILES string of the molecule is Nc1ccc2c(c1Cl)CNCCC2. The van der Waals surface area contributed by atoms with Crippen LogP contribution in [-0.2, 0) is 13.0 Å². The summed E-state index contributed by atoms with van der Waals surface area (Å²) in [5.74, 6) is 0. The first-order chi connectivity index (χ1) is 6.29. The van der Waals surface area contributed by atoms with Gasteiger partial charge in [-0.05, 0) is 36.6 Å². The molecule has 0 amide bonds. The van der Waals surface area contributed by atoms with Gasteiger partial charge < -0.3 is 11.1 Å². The molecule has 0 bridgehead atoms. The van der Waals surface area contributed by atoms with Crippen molar-refractivity contribution in [2.45, 2.75) is 19.4 Å². The van der Waals surface area contributed by atoms with Crippen molar-refractivity contribution in [1.82, 2.24) is 5.32 Å². The number of hydrogen-bond acceptors (Lipinski definition) is 2. The molecule has 3 N–H and O–H groups in total. The molecule has 0 atom stereocenters. The van der Waals surface area contributed by atoms with Crippen LogP contribution >= 0.6 is 11.6 Å². The summed E-state index contributed by atoms with van der Waals surface area (Å²) in [6.07, 6.45) is 2.27. The molecule has 1 aromatic carbocycles. The van der Waals surface area contributed by atoms with Gasteiger partial charge in [0.15, 0.2) is 0 Å². The van der Waals surface area contributed by atoms with Gasteiger partial charge in [-0.1, -0.05) is 17.7 Å². The van der Waals surface area contributed by atoms with Gasteiger partial charge in [0.05, 0.1) is 10.7 Å². The van der Waals surface area contributed by atoms with Crippen molar-refractivity contribution >= 4 is 17.3 Å². The quantitative estimate of drug-likeness (QED) is 0.623. The molecule has 0 aromatic heterocycles. The summed E-state index contributed by atoms with van der Waals surface area (Å²) in [7, 11) is 0. The van der Waals surface area contributed by atoms with Crippen LogP contribution in [0.3, 0.4) is 0 Å². The van der Waals surface area contributed by atoms with E-state index in [0.717, 1.165) is 24.5 Å². The van der Waals surface area contributed by atoms with Crippen molar-refractivity contribution in [1.29, 1.82) is 0 Å². The highest BCUT2D eigenvalue weighted by molar-refractivity contribution is 6.33. The van der Waals surface area contributed by atoms with E-state index < -0.39 is 0 Å². The number of aryl methyl sites for hydroxylation is 1. The smallest absolute Gasteiger partial charge is 0.0683 e. The van der Waals surface area contributed by atoms with Crippen molar-refractivity contribution in [2.24, 2.45) is 0 Å². The minimum Gasteiger partial charge on any atom is -0.398 e. The maximum Gasteiger partial charge on any atom is 0.0683 e. The fraction of sp³-hybridized carbons (Fsp3) is 0.400. The van der Waals surface area contributed by atoms with Crippen molar-refractivity contribution in [3.63, 3.8) is 0 Å². The van der Waals surface area contributed by atoms with E-state index >= 15 is 0 Å². The number of halogens is 1. The summed E-state index contributed by atoms with van der Waals surface area (Å²) in [4.78, 5) is 0. The Balaban J connectivity index is 2.48. The monoisotopic (exact) mass is 196 g/mol. The highest BCUT2D eigenvalue weighted by atomic mass is 35.5. The Kier molecular flexibility index (Phi) is 2.42. The Labute approximate surface area is 83.1 Å². The molecule has 0 saturated heterocycles. The molecule has 1 aliphatic heterocycles. The van der Waals surface area contributed by atoms with Crippen molar-refractivity contribution in [3.8, 4) is 0 Å². The largest absolute Gasteiger partial charge is 0.398 e. The van der Waals surface area contributed by atoms with E-state index in [4.69, 9.17) is 17.3 Å². The summed E-state index contributed by atoms with van der Waals surface area (Å²) in [5, 5.41) is 4.06. The summed E-state index contributed by atoms with van der Waals surface area (Å²) in [5.41, 5.74) is 8.94. The molecule has 70 valence electrons. The maximum absolute atomic E-state index is 6.12. The lowest BCUT2D eigenvalue weighted by molar-refractivity contribution is 0.681. The van der Waals surface area contributed by atoms with Gasteiger partial charge in [-0.25, -0.2) is 0 Å². The van der Waals surface area contributed by atoms with Crippen molar-refractivity contribution < 1.29 is 0 Å². The molecular formula is C10H13ClN2. The fourth-order valence-corrected chi connectivity index (χ4v) is 1.97. The number of nitrogen functional groups attached to an aromatic ring is 1. The zero-order valence-corrected chi connectivity index (χ0v) is 8.19. The zero-order valence-electron chi connectivity index (χ0n) is 7.44. The average molecular weight is 197 g/mol. The number of rotatable bonds is 0. The third kappa shape index (κ3) is 1.64. The fourth-order valence-electron chi connectivity index (χ4n) is 1.72. The second-order valence-electron chi connectivity index (χ2n) is 3.39. The summed E-state index contributed by atoms with van der Waals surface area (Å²) in [6, 6.07) is 3.98. The topological polar surface area (TPSA) is 38.0 Å². The minimum atomic E-state index is 0.684. The van der Waals surface area contributed by atoms with Crippen LogP contribution in [0.4, 0.5) is 5.69 Å². The normalized spacial score (nSPS) is 16.4. The maximum atomic E-state index is 6.12. The van der Waals surface area contributed by atoms with E-state index in [2.05, 4.69) is 11.4 Å². The molecule has 0 spiro atoms. The van der Waals surface area contributed by atoms with Crippen LogP contribution in [0.5, 0.6) is 0 Å². The lowest BCUT2D eigenvalue weighted by atomic mass is 10.0. The van der Waals surface area contributed by atoms with Gasteiger partial charge in [-0.2, -0.15) is 0 Å². The summed E-state index contributed by atoms with van der Waals surface area (Å²) < 4.78 is 0. The molecule has 3 heteroatoms. The highest BCUT2D eigenvalue weighted by Gasteiger charge is 2.12. The van der Waals surface area contributed by atoms with E-state index in [1.54, 1.807) is 0 Å². The molecular weight excluding hydrogens is 184 g/mol. The molecule has 1 heterocycles. The van der Waals surface area contributed by atoms with Crippen LogP contribution in [0.15, 0.2) is 12.1 Å². The molecule has 0 saturated carbocycles. The summed E-state index contributed by atoms with van der Waals surface area (Å²) >= 11 is 6.12. The third-order valence-electron chi connectivity index (χ3n) is 2.47. The molecule has 0 radical (unpaired) electrons. The molecule has 0 fully saturated rings. The van der Waals surface area contributed by atoms with Crippen LogP contribution in [0.2, 0.25) is 5.02 Å². The molecule has 0 aliphatic carbocycles. The molecule has 2 nitrogen and oxygen atoms in total. The van der Waals surface area contributed by atoms with Gasteiger partial charge in [-0.3, -0.25) is 0 Å². The summed E-state index contributed by atoms with van der Waals surface area (Å²) in [6.45, 7) is 1.91. The standard InChI is InChI=1S/C10H13ClN2/c11-10-8-6-13-5-1-2-7(8)3-4-9(10)12/h3-4,13H,1-2,5-6,12H2. The second-order valence-corrected chi connectivity index (χ2v) is 3.76. The van der Waals surface area contributed by atoms with Crippen LogP contribution in [0, 0.1) is 0 Å². The van der Waals surface area contributed by atoms with Crippen LogP contribution in [0.25, 0.3) is 0 Å². The Hall–Kier alpha value is -0.730. The van der Waals surface area contributed by atoms with E-state index in [1.807, 2.05) is 6.07 Å². The first-order valence-corrected chi connectivity index (χ1v) is 4.93. The predicted octanol–water partition coefficient (Wildman–Crippen LogP) is 1.96. The van der Waals surface area contributed by atoms with Crippen molar-refractivity contribution in [3.05, 3.63) is 28.3 Å². The first kappa shape index (κ1) is 8.85. The minimum absolute atomic E-state index is 0.684. The number of fused-ring (bicyclic) bond motifs is 1. The van der Waals surface area contributed by atoms with E-state index in [0.29, 0.717) is 5.69 Å². The number of hydrogen-bond donors (Lipinski definition) is 2. The number of anilines is 1. The van der Waals surface area contributed by atoms with Gasteiger partial charge in [-0.15, -0.1) is 0 Å². The molecule has 1 aromatic rings. The average Bonchev–Trinajstić information content (AvgIpc) is 2.36. The molecule has 2 rings (SSSR count). The number of benzene rings is 1. The highest BCUT2D eigenvalue weighted by Crippen LogP contribution is 2.28. The molecule has 1 aliphatic rings. The van der Waals surface area contributed by atoms with E-state index in [-0.39, 0.29) is 0 Å². The Morgan fingerprint density at radius 1 is 1.38 bits per heavy atom. The van der Waals surface area contributed by atoms with Crippen LogP contribution < -0.4 is 11.1 Å². The van der Waals surface area contributed by atoms with E-state index in [9.17, 15) is 0 Å².